The van der Waals surface area contributed by atoms with Crippen LogP contribution in [0.3, 0.4) is 0 Å². The first-order valence-corrected chi connectivity index (χ1v) is 12.4. The molecule has 2 N–H and O–H groups in total. The molecule has 2 heterocycles. The van der Waals surface area contributed by atoms with Gasteiger partial charge in [0.1, 0.15) is 0 Å². The third kappa shape index (κ3) is 2.56. The maximum Gasteiger partial charge on any atom is 0.192 e. The molecule has 2 fully saturated rings. The first-order chi connectivity index (χ1) is 15.5. The lowest BCUT2D eigenvalue weighted by atomic mass is 9.44. The topological polar surface area (TPSA) is 71.6 Å². The lowest BCUT2D eigenvalue weighted by molar-refractivity contribution is -0.274. The Morgan fingerprint density at radius 1 is 1.18 bits per heavy atom. The summed E-state index contributed by atoms with van der Waals surface area (Å²) >= 11 is 0. The van der Waals surface area contributed by atoms with E-state index in [9.17, 15) is 9.90 Å². The van der Waals surface area contributed by atoms with Crippen LogP contribution in [0.15, 0.2) is 35.9 Å². The predicted molar refractivity (Wildman–Crippen MR) is 127 cm³/mol. The molecule has 1 aromatic carbocycles. The van der Waals surface area contributed by atoms with Crippen LogP contribution in [0, 0.1) is 17.3 Å². The number of methoxy groups -OCH3 is 1. The number of nitrogens with one attached hydrogen (secondary N) is 1. The molecule has 3 aliphatic carbocycles. The van der Waals surface area contributed by atoms with Gasteiger partial charge in [0.15, 0.2) is 17.7 Å². The van der Waals surface area contributed by atoms with Crippen molar-refractivity contribution in [3.8, 4) is 0 Å². The molecule has 0 unspecified atom stereocenters. The molecule has 176 valence electrons. The van der Waals surface area contributed by atoms with Crippen molar-refractivity contribution in [1.82, 2.24) is 4.98 Å². The van der Waals surface area contributed by atoms with E-state index in [0.29, 0.717) is 12.3 Å². The maximum atomic E-state index is 13.1. The maximum absolute atomic E-state index is 13.1. The second-order valence-corrected chi connectivity index (χ2v) is 11.8. The molecule has 5 nitrogen and oxygen atoms in total. The number of rotatable bonds is 2. The summed E-state index contributed by atoms with van der Waals surface area (Å²) < 4.78 is 12.4. The van der Waals surface area contributed by atoms with Crippen LogP contribution in [0.1, 0.15) is 64.6 Å². The van der Waals surface area contributed by atoms with Gasteiger partial charge in [0.05, 0.1) is 5.60 Å². The number of hydrogen-bond acceptors (Lipinski definition) is 4. The summed E-state index contributed by atoms with van der Waals surface area (Å²) in [5, 5.41) is 12.0. The number of benzene rings is 1. The van der Waals surface area contributed by atoms with Gasteiger partial charge in [-0.05, 0) is 80.1 Å². The predicted octanol–water partition coefficient (Wildman–Crippen LogP) is 4.82. The Bertz CT molecular complexity index is 1190. The summed E-state index contributed by atoms with van der Waals surface area (Å²) in [5.74, 6) is -0.311. The number of H-pyrrole nitrogens is 1. The molecule has 0 radical (unpaired) electrons. The summed E-state index contributed by atoms with van der Waals surface area (Å²) in [6.07, 6.45) is 5.74. The highest BCUT2D eigenvalue weighted by molar-refractivity contribution is 5.96. The Morgan fingerprint density at radius 2 is 1.94 bits per heavy atom. The standard InChI is InChI=1S/C28H35NO4/c1-25(2,31)24-22(30)15-20-19-11-10-16-14-18-17-8-6-7-9-21(17)29-23(18)27(16,4)26(19,3)12-13-28(20,32-5)33-24/h6-9,15-16,19,24,29,31H,10-14H2,1-5H3/t16-,19-,24-,26-,27+,28-/m0/s1. The zero-order valence-electron chi connectivity index (χ0n) is 20.3. The Kier molecular flexibility index (Phi) is 4.31. The van der Waals surface area contributed by atoms with Crippen molar-refractivity contribution < 1.29 is 19.4 Å². The molecular formula is C28H35NO4. The van der Waals surface area contributed by atoms with Gasteiger partial charge in [-0.25, -0.2) is 0 Å². The average Bonchev–Trinajstić information content (AvgIpc) is 3.28. The molecule has 2 saturated carbocycles. The van der Waals surface area contributed by atoms with Gasteiger partial charge in [0, 0.05) is 35.5 Å². The van der Waals surface area contributed by atoms with E-state index in [1.54, 1.807) is 27.0 Å². The van der Waals surface area contributed by atoms with Crippen molar-refractivity contribution in [3.63, 3.8) is 0 Å². The lowest BCUT2D eigenvalue weighted by Crippen LogP contribution is -2.63. The monoisotopic (exact) mass is 449 g/mol. The third-order valence-electron chi connectivity index (χ3n) is 9.98. The van der Waals surface area contributed by atoms with Gasteiger partial charge in [-0.1, -0.05) is 32.0 Å². The Labute approximate surface area is 195 Å². The molecule has 6 rings (SSSR count). The number of carbonyl (C=O) groups excluding carboxylic acids is 1. The van der Waals surface area contributed by atoms with E-state index in [1.165, 1.54) is 22.2 Å². The van der Waals surface area contributed by atoms with Crippen LogP contribution in [0.5, 0.6) is 0 Å². The zero-order chi connectivity index (χ0) is 23.4. The fraction of sp³-hybridized carbons (Fsp3) is 0.607. The van der Waals surface area contributed by atoms with Crippen molar-refractivity contribution in [2.45, 2.75) is 82.7 Å². The number of carbonyl (C=O) groups is 1. The van der Waals surface area contributed by atoms with Gasteiger partial charge >= 0.3 is 0 Å². The number of ketones is 1. The molecule has 0 saturated heterocycles. The average molecular weight is 450 g/mol. The second kappa shape index (κ2) is 6.59. The molecule has 1 aromatic heterocycles. The van der Waals surface area contributed by atoms with Crippen LogP contribution in [0.25, 0.3) is 10.9 Å². The van der Waals surface area contributed by atoms with Gasteiger partial charge in [0.25, 0.3) is 0 Å². The smallest absolute Gasteiger partial charge is 0.192 e. The fourth-order valence-electron chi connectivity index (χ4n) is 8.04. The number of fused-ring (bicyclic) bond motifs is 9. The van der Waals surface area contributed by atoms with E-state index in [4.69, 9.17) is 9.47 Å². The van der Waals surface area contributed by atoms with Gasteiger partial charge < -0.3 is 19.6 Å². The molecule has 2 aromatic rings. The molecule has 33 heavy (non-hydrogen) atoms. The Morgan fingerprint density at radius 3 is 2.67 bits per heavy atom. The van der Waals surface area contributed by atoms with Crippen LogP contribution in [0.2, 0.25) is 0 Å². The number of aromatic amines is 1. The van der Waals surface area contributed by atoms with Crippen LogP contribution in [-0.2, 0) is 26.1 Å². The van der Waals surface area contributed by atoms with Crippen LogP contribution in [0.4, 0.5) is 0 Å². The largest absolute Gasteiger partial charge is 0.387 e. The first-order valence-electron chi connectivity index (χ1n) is 12.4. The first kappa shape index (κ1) is 21.6. The normalized spacial score (nSPS) is 40.1. The van der Waals surface area contributed by atoms with Crippen molar-refractivity contribution in [3.05, 3.63) is 47.2 Å². The number of ether oxygens (including phenoxy) is 2. The number of aliphatic hydroxyl groups is 1. The molecule has 5 heteroatoms. The quantitative estimate of drug-likeness (QED) is 0.690. The highest BCUT2D eigenvalue weighted by atomic mass is 16.7. The summed E-state index contributed by atoms with van der Waals surface area (Å²) in [6.45, 7) is 8.15. The minimum atomic E-state index is -1.26. The number of hydrogen-bond donors (Lipinski definition) is 2. The Balaban J connectivity index is 1.49. The van der Waals surface area contributed by atoms with Crippen molar-refractivity contribution in [2.75, 3.05) is 7.11 Å². The van der Waals surface area contributed by atoms with E-state index in [1.807, 2.05) is 0 Å². The van der Waals surface area contributed by atoms with Gasteiger partial charge in [-0.2, -0.15) is 0 Å². The molecule has 0 bridgehead atoms. The van der Waals surface area contributed by atoms with Crippen LogP contribution < -0.4 is 0 Å². The Hall–Kier alpha value is -1.95. The highest BCUT2D eigenvalue weighted by Gasteiger charge is 2.67. The van der Waals surface area contributed by atoms with E-state index in [-0.39, 0.29) is 22.5 Å². The summed E-state index contributed by atoms with van der Waals surface area (Å²) in [5.41, 5.74) is 3.77. The molecule has 6 atom stereocenters. The van der Waals surface area contributed by atoms with Gasteiger partial charge in [0.2, 0.25) is 0 Å². The van der Waals surface area contributed by atoms with Crippen molar-refractivity contribution in [1.29, 1.82) is 0 Å². The van der Waals surface area contributed by atoms with Crippen molar-refractivity contribution in [2.24, 2.45) is 17.3 Å². The minimum absolute atomic E-state index is 0.0127. The zero-order valence-corrected chi connectivity index (χ0v) is 20.3. The third-order valence-corrected chi connectivity index (χ3v) is 9.98. The number of aromatic nitrogens is 1. The summed E-state index contributed by atoms with van der Waals surface area (Å²) in [4.78, 5) is 17.0. The highest BCUT2D eigenvalue weighted by Crippen LogP contribution is 2.69. The number of para-hydroxylation sites is 1. The minimum Gasteiger partial charge on any atom is -0.387 e. The lowest BCUT2D eigenvalue weighted by Gasteiger charge is -2.63. The summed E-state index contributed by atoms with van der Waals surface area (Å²) in [7, 11) is 1.67. The molecular weight excluding hydrogens is 414 g/mol. The second-order valence-electron chi connectivity index (χ2n) is 11.8. The van der Waals surface area contributed by atoms with E-state index in [2.05, 4.69) is 43.1 Å². The van der Waals surface area contributed by atoms with Crippen molar-refractivity contribution >= 4 is 16.7 Å². The van der Waals surface area contributed by atoms with Gasteiger partial charge in [-0.3, -0.25) is 4.79 Å². The van der Waals surface area contributed by atoms with E-state index < -0.39 is 17.5 Å². The molecule has 0 spiro atoms. The molecule has 1 aliphatic heterocycles. The summed E-state index contributed by atoms with van der Waals surface area (Å²) in [6, 6.07) is 8.66. The molecule has 4 aliphatic rings. The molecule has 0 amide bonds. The SMILES string of the molecule is CO[C@]12CC[C@@]3(C)[C@@H](CC[C@H]4Cc5c([nH]c6ccccc56)[C@@]43C)C1=CC(=O)[C@@H](C(C)(C)O)O2. The van der Waals surface area contributed by atoms with Crippen LogP contribution in [-0.4, -0.2) is 40.5 Å². The van der Waals surface area contributed by atoms with Gasteiger partial charge in [-0.15, -0.1) is 0 Å². The fourth-order valence-corrected chi connectivity index (χ4v) is 8.04. The van der Waals surface area contributed by atoms with E-state index in [0.717, 1.165) is 31.3 Å². The van der Waals surface area contributed by atoms with Crippen LogP contribution >= 0.6 is 0 Å². The van der Waals surface area contributed by atoms with E-state index >= 15 is 0 Å².